The SMILES string of the molecule is CC(=O)N1CCO[C@@H]2CN(c3ncccn3)CC[C@@H]2C1. The van der Waals surface area contributed by atoms with E-state index in [0.29, 0.717) is 19.1 Å². The van der Waals surface area contributed by atoms with Crippen molar-refractivity contribution in [3.8, 4) is 0 Å². The molecule has 2 atom stereocenters. The first-order chi connectivity index (χ1) is 9.74. The van der Waals surface area contributed by atoms with Crippen LogP contribution in [0.2, 0.25) is 0 Å². The molecule has 1 amide bonds. The van der Waals surface area contributed by atoms with Gasteiger partial charge in [0.1, 0.15) is 0 Å². The summed E-state index contributed by atoms with van der Waals surface area (Å²) in [6.45, 7) is 5.48. The summed E-state index contributed by atoms with van der Waals surface area (Å²) in [6, 6.07) is 1.82. The van der Waals surface area contributed by atoms with Crippen molar-refractivity contribution in [3.05, 3.63) is 18.5 Å². The zero-order valence-corrected chi connectivity index (χ0v) is 11.7. The number of amides is 1. The van der Waals surface area contributed by atoms with E-state index >= 15 is 0 Å². The van der Waals surface area contributed by atoms with Crippen LogP contribution < -0.4 is 4.90 Å². The number of hydrogen-bond acceptors (Lipinski definition) is 5. The van der Waals surface area contributed by atoms with Gasteiger partial charge in [-0.05, 0) is 12.5 Å². The lowest BCUT2D eigenvalue weighted by Gasteiger charge is -2.37. The topological polar surface area (TPSA) is 58.6 Å². The van der Waals surface area contributed by atoms with E-state index < -0.39 is 0 Å². The Morgan fingerprint density at radius 3 is 2.85 bits per heavy atom. The van der Waals surface area contributed by atoms with Crippen molar-refractivity contribution in [2.45, 2.75) is 19.4 Å². The van der Waals surface area contributed by atoms with Gasteiger partial charge in [0, 0.05) is 51.4 Å². The molecule has 2 saturated heterocycles. The largest absolute Gasteiger partial charge is 0.374 e. The first-order valence-electron chi connectivity index (χ1n) is 7.13. The molecule has 2 fully saturated rings. The molecule has 3 heterocycles. The summed E-state index contributed by atoms with van der Waals surface area (Å²) in [5.41, 5.74) is 0. The molecule has 6 heteroatoms. The fraction of sp³-hybridized carbons (Fsp3) is 0.643. The quantitative estimate of drug-likeness (QED) is 0.750. The Labute approximate surface area is 118 Å². The fourth-order valence-corrected chi connectivity index (χ4v) is 2.97. The molecule has 0 aliphatic carbocycles. The number of fused-ring (bicyclic) bond motifs is 1. The highest BCUT2D eigenvalue weighted by Crippen LogP contribution is 2.25. The van der Waals surface area contributed by atoms with Crippen LogP contribution in [0.4, 0.5) is 5.95 Å². The van der Waals surface area contributed by atoms with Gasteiger partial charge in [-0.3, -0.25) is 4.79 Å². The van der Waals surface area contributed by atoms with Gasteiger partial charge in [-0.15, -0.1) is 0 Å². The third-order valence-electron chi connectivity index (χ3n) is 4.12. The summed E-state index contributed by atoms with van der Waals surface area (Å²) < 4.78 is 5.95. The monoisotopic (exact) mass is 276 g/mol. The Hall–Kier alpha value is -1.69. The van der Waals surface area contributed by atoms with Crippen LogP contribution >= 0.6 is 0 Å². The number of carbonyl (C=O) groups is 1. The Balaban J connectivity index is 1.68. The minimum absolute atomic E-state index is 0.142. The van der Waals surface area contributed by atoms with Crippen molar-refractivity contribution in [2.75, 3.05) is 37.7 Å². The summed E-state index contributed by atoms with van der Waals surface area (Å²) in [5, 5.41) is 0. The molecule has 2 aliphatic heterocycles. The van der Waals surface area contributed by atoms with Gasteiger partial charge in [-0.1, -0.05) is 0 Å². The lowest BCUT2D eigenvalue weighted by atomic mass is 9.93. The molecule has 108 valence electrons. The van der Waals surface area contributed by atoms with E-state index in [0.717, 1.165) is 32.0 Å². The maximum absolute atomic E-state index is 11.6. The number of ether oxygens (including phenoxy) is 1. The molecule has 0 aromatic carbocycles. The number of nitrogens with zero attached hydrogens (tertiary/aromatic N) is 4. The van der Waals surface area contributed by atoms with E-state index in [1.165, 1.54) is 0 Å². The van der Waals surface area contributed by atoms with Crippen LogP contribution in [0, 0.1) is 5.92 Å². The first kappa shape index (κ1) is 13.3. The van der Waals surface area contributed by atoms with Crippen molar-refractivity contribution in [1.82, 2.24) is 14.9 Å². The Morgan fingerprint density at radius 1 is 1.30 bits per heavy atom. The first-order valence-corrected chi connectivity index (χ1v) is 7.13. The van der Waals surface area contributed by atoms with Crippen LogP contribution in [-0.2, 0) is 9.53 Å². The Bertz CT molecular complexity index is 468. The van der Waals surface area contributed by atoms with Crippen LogP contribution in [-0.4, -0.2) is 59.7 Å². The minimum Gasteiger partial charge on any atom is -0.374 e. The van der Waals surface area contributed by atoms with Crippen LogP contribution in [0.15, 0.2) is 18.5 Å². The highest BCUT2D eigenvalue weighted by atomic mass is 16.5. The minimum atomic E-state index is 0.142. The van der Waals surface area contributed by atoms with Crippen LogP contribution in [0.3, 0.4) is 0 Å². The third-order valence-corrected chi connectivity index (χ3v) is 4.12. The standard InChI is InChI=1S/C14H20N4O2/c1-11(19)17-7-8-20-13-10-18(6-3-12(13)9-17)14-15-4-2-5-16-14/h2,4-5,12-13H,3,6-10H2,1H3/t12-,13-/m1/s1. The molecule has 0 saturated carbocycles. The molecule has 6 nitrogen and oxygen atoms in total. The number of rotatable bonds is 1. The van der Waals surface area contributed by atoms with Crippen LogP contribution in [0.25, 0.3) is 0 Å². The number of hydrogen-bond donors (Lipinski definition) is 0. The van der Waals surface area contributed by atoms with E-state index in [9.17, 15) is 4.79 Å². The van der Waals surface area contributed by atoms with Crippen molar-refractivity contribution >= 4 is 11.9 Å². The maximum atomic E-state index is 11.6. The number of aromatic nitrogens is 2. The smallest absolute Gasteiger partial charge is 0.225 e. The van der Waals surface area contributed by atoms with Crippen molar-refractivity contribution in [3.63, 3.8) is 0 Å². The van der Waals surface area contributed by atoms with Crippen LogP contribution in [0.5, 0.6) is 0 Å². The van der Waals surface area contributed by atoms with E-state index in [-0.39, 0.29) is 12.0 Å². The molecule has 1 aromatic rings. The third kappa shape index (κ3) is 2.75. The summed E-state index contributed by atoms with van der Waals surface area (Å²) in [6.07, 6.45) is 4.70. The average molecular weight is 276 g/mol. The normalized spacial score (nSPS) is 26.9. The summed E-state index contributed by atoms with van der Waals surface area (Å²) >= 11 is 0. The lowest BCUT2D eigenvalue weighted by Crippen LogP contribution is -2.47. The predicted octanol–water partition coefficient (Wildman–Crippen LogP) is 0.550. The molecular formula is C14H20N4O2. The van der Waals surface area contributed by atoms with Crippen molar-refractivity contribution in [2.24, 2.45) is 5.92 Å². The van der Waals surface area contributed by atoms with E-state index in [1.54, 1.807) is 19.3 Å². The molecular weight excluding hydrogens is 256 g/mol. The molecule has 0 radical (unpaired) electrons. The van der Waals surface area contributed by atoms with Gasteiger partial charge in [0.15, 0.2) is 0 Å². The van der Waals surface area contributed by atoms with Gasteiger partial charge in [-0.2, -0.15) is 0 Å². The highest BCUT2D eigenvalue weighted by molar-refractivity contribution is 5.73. The second-order valence-corrected chi connectivity index (χ2v) is 5.42. The summed E-state index contributed by atoms with van der Waals surface area (Å²) in [4.78, 5) is 24.2. The molecule has 1 aromatic heterocycles. The molecule has 2 aliphatic rings. The molecule has 3 rings (SSSR count). The van der Waals surface area contributed by atoms with Crippen molar-refractivity contribution < 1.29 is 9.53 Å². The molecule has 0 unspecified atom stereocenters. The van der Waals surface area contributed by atoms with E-state index in [1.807, 2.05) is 11.0 Å². The highest BCUT2D eigenvalue weighted by Gasteiger charge is 2.34. The maximum Gasteiger partial charge on any atom is 0.225 e. The van der Waals surface area contributed by atoms with Gasteiger partial charge in [0.05, 0.1) is 12.7 Å². The zero-order chi connectivity index (χ0) is 13.9. The number of anilines is 1. The fourth-order valence-electron chi connectivity index (χ4n) is 2.97. The van der Waals surface area contributed by atoms with Crippen LogP contribution in [0.1, 0.15) is 13.3 Å². The van der Waals surface area contributed by atoms with Gasteiger partial charge in [-0.25, -0.2) is 9.97 Å². The van der Waals surface area contributed by atoms with Gasteiger partial charge >= 0.3 is 0 Å². The second-order valence-electron chi connectivity index (χ2n) is 5.42. The van der Waals surface area contributed by atoms with Crippen molar-refractivity contribution in [1.29, 1.82) is 0 Å². The molecule has 0 spiro atoms. The molecule has 0 bridgehead atoms. The Morgan fingerprint density at radius 2 is 2.10 bits per heavy atom. The van der Waals surface area contributed by atoms with Gasteiger partial charge in [0.25, 0.3) is 0 Å². The second kappa shape index (κ2) is 5.75. The number of piperidine rings is 1. The predicted molar refractivity (Wildman–Crippen MR) is 74.3 cm³/mol. The average Bonchev–Trinajstić information content (AvgIpc) is 2.69. The zero-order valence-electron chi connectivity index (χ0n) is 11.7. The number of carbonyl (C=O) groups excluding carboxylic acids is 1. The van der Waals surface area contributed by atoms with Gasteiger partial charge < -0.3 is 14.5 Å². The molecule has 20 heavy (non-hydrogen) atoms. The molecule has 0 N–H and O–H groups in total. The summed E-state index contributed by atoms with van der Waals surface area (Å²) in [5.74, 6) is 1.33. The lowest BCUT2D eigenvalue weighted by molar-refractivity contribution is -0.129. The Kier molecular flexibility index (Phi) is 3.82. The van der Waals surface area contributed by atoms with E-state index in [4.69, 9.17) is 4.74 Å². The summed E-state index contributed by atoms with van der Waals surface area (Å²) in [7, 11) is 0. The van der Waals surface area contributed by atoms with E-state index in [2.05, 4.69) is 14.9 Å². The van der Waals surface area contributed by atoms with Gasteiger partial charge in [0.2, 0.25) is 11.9 Å².